The van der Waals surface area contributed by atoms with E-state index in [1.54, 1.807) is 36.4 Å². The standard InChI is InChI=1S/C32H31NO5/c34-31(27-14-7-15-29(22-27)37-20-8-13-24-9-3-1-4-10-24)33-30(32(35)36)21-25-16-18-28(19-17-25)38-23-26-11-5-2-6-12-26/h1-7,9-12,14-19,22,30H,8,13,20-21,23H2,(H,33,34)(H,35,36). The smallest absolute Gasteiger partial charge is 0.326 e. The van der Waals surface area contributed by atoms with Crippen LogP contribution in [-0.2, 0) is 24.2 Å². The number of carbonyl (C=O) groups excluding carboxylic acids is 1. The number of aryl methyl sites for hydroxylation is 1. The van der Waals surface area contributed by atoms with Gasteiger partial charge in [-0.2, -0.15) is 0 Å². The normalized spacial score (nSPS) is 11.4. The number of hydrogen-bond acceptors (Lipinski definition) is 4. The molecule has 4 aromatic carbocycles. The summed E-state index contributed by atoms with van der Waals surface area (Å²) in [6.07, 6.45) is 1.90. The summed E-state index contributed by atoms with van der Waals surface area (Å²) in [6.45, 7) is 0.965. The van der Waals surface area contributed by atoms with E-state index >= 15 is 0 Å². The van der Waals surface area contributed by atoms with Crippen LogP contribution in [0.1, 0.15) is 33.5 Å². The topological polar surface area (TPSA) is 84.9 Å². The Bertz CT molecular complexity index is 1310. The highest BCUT2D eigenvalue weighted by molar-refractivity contribution is 5.97. The zero-order valence-electron chi connectivity index (χ0n) is 21.1. The van der Waals surface area contributed by atoms with Crippen molar-refractivity contribution in [2.24, 2.45) is 0 Å². The Labute approximate surface area is 222 Å². The highest BCUT2D eigenvalue weighted by Crippen LogP contribution is 2.17. The van der Waals surface area contributed by atoms with E-state index < -0.39 is 17.9 Å². The Balaban J connectivity index is 1.28. The molecule has 0 radical (unpaired) electrons. The molecule has 194 valence electrons. The molecule has 1 unspecified atom stereocenters. The van der Waals surface area contributed by atoms with Crippen molar-refractivity contribution in [1.29, 1.82) is 0 Å². The van der Waals surface area contributed by atoms with Crippen LogP contribution in [0.4, 0.5) is 0 Å². The number of hydrogen-bond donors (Lipinski definition) is 2. The monoisotopic (exact) mass is 509 g/mol. The fraction of sp³-hybridized carbons (Fsp3) is 0.188. The third-order valence-corrected chi connectivity index (χ3v) is 6.03. The van der Waals surface area contributed by atoms with Crippen molar-refractivity contribution in [3.63, 3.8) is 0 Å². The third-order valence-electron chi connectivity index (χ3n) is 6.03. The van der Waals surface area contributed by atoms with Gasteiger partial charge in [0, 0.05) is 12.0 Å². The zero-order chi connectivity index (χ0) is 26.6. The molecule has 4 aromatic rings. The summed E-state index contributed by atoms with van der Waals surface area (Å²) in [5, 5.41) is 12.4. The predicted molar refractivity (Wildman–Crippen MR) is 147 cm³/mol. The molecule has 0 aliphatic heterocycles. The van der Waals surface area contributed by atoms with Crippen LogP contribution >= 0.6 is 0 Å². The first-order valence-electron chi connectivity index (χ1n) is 12.6. The van der Waals surface area contributed by atoms with Gasteiger partial charge in [-0.25, -0.2) is 4.79 Å². The van der Waals surface area contributed by atoms with Gasteiger partial charge in [-0.1, -0.05) is 78.9 Å². The molecule has 4 rings (SSSR count). The summed E-state index contributed by atoms with van der Waals surface area (Å²) in [7, 11) is 0. The molecule has 0 aromatic heterocycles. The van der Waals surface area contributed by atoms with Crippen molar-refractivity contribution >= 4 is 11.9 Å². The van der Waals surface area contributed by atoms with Gasteiger partial charge in [-0.05, 0) is 59.9 Å². The quantitative estimate of drug-likeness (QED) is 0.226. The first kappa shape index (κ1) is 26.5. The van der Waals surface area contributed by atoms with E-state index in [0.29, 0.717) is 30.3 Å². The number of amides is 1. The van der Waals surface area contributed by atoms with Crippen LogP contribution in [0.15, 0.2) is 109 Å². The molecule has 0 aliphatic rings. The highest BCUT2D eigenvalue weighted by atomic mass is 16.5. The molecule has 0 saturated carbocycles. The molecule has 0 bridgehead atoms. The molecular formula is C32H31NO5. The molecule has 0 aliphatic carbocycles. The van der Waals surface area contributed by atoms with E-state index in [2.05, 4.69) is 17.4 Å². The minimum Gasteiger partial charge on any atom is -0.494 e. The summed E-state index contributed by atoms with van der Waals surface area (Å²) in [5.74, 6) is -0.302. The Kier molecular flexibility index (Phi) is 9.51. The predicted octanol–water partition coefficient (Wildman–Crippen LogP) is 5.70. The number of carboxylic acids is 1. The van der Waals surface area contributed by atoms with Crippen molar-refractivity contribution in [3.05, 3.63) is 131 Å². The van der Waals surface area contributed by atoms with Gasteiger partial charge in [0.1, 0.15) is 24.1 Å². The molecule has 0 saturated heterocycles. The number of nitrogens with one attached hydrogen (secondary N) is 1. The van der Waals surface area contributed by atoms with E-state index in [1.165, 1.54) is 5.56 Å². The second-order valence-corrected chi connectivity index (χ2v) is 8.95. The summed E-state index contributed by atoms with van der Waals surface area (Å²) in [5.41, 5.74) is 3.44. The zero-order valence-corrected chi connectivity index (χ0v) is 21.1. The van der Waals surface area contributed by atoms with Crippen molar-refractivity contribution in [2.45, 2.75) is 31.9 Å². The van der Waals surface area contributed by atoms with Gasteiger partial charge in [0.25, 0.3) is 5.91 Å². The maximum Gasteiger partial charge on any atom is 0.326 e. The van der Waals surface area contributed by atoms with Crippen LogP contribution in [-0.4, -0.2) is 29.6 Å². The van der Waals surface area contributed by atoms with Crippen LogP contribution in [0.3, 0.4) is 0 Å². The minimum atomic E-state index is -1.10. The van der Waals surface area contributed by atoms with Gasteiger partial charge in [0.05, 0.1) is 6.61 Å². The lowest BCUT2D eigenvalue weighted by Crippen LogP contribution is -2.42. The molecule has 0 fully saturated rings. The number of carboxylic acid groups (broad SMARTS) is 1. The molecule has 38 heavy (non-hydrogen) atoms. The lowest BCUT2D eigenvalue weighted by molar-refractivity contribution is -0.139. The molecule has 6 heteroatoms. The van der Waals surface area contributed by atoms with E-state index in [4.69, 9.17) is 9.47 Å². The van der Waals surface area contributed by atoms with Crippen LogP contribution in [0, 0.1) is 0 Å². The second-order valence-electron chi connectivity index (χ2n) is 8.95. The molecule has 0 spiro atoms. The van der Waals surface area contributed by atoms with E-state index in [9.17, 15) is 14.7 Å². The van der Waals surface area contributed by atoms with Crippen molar-refractivity contribution < 1.29 is 24.2 Å². The number of rotatable bonds is 13. The van der Waals surface area contributed by atoms with Gasteiger partial charge in [-0.3, -0.25) is 4.79 Å². The minimum absolute atomic E-state index is 0.149. The lowest BCUT2D eigenvalue weighted by Gasteiger charge is -2.16. The van der Waals surface area contributed by atoms with E-state index in [0.717, 1.165) is 24.0 Å². The van der Waals surface area contributed by atoms with E-state index in [1.807, 2.05) is 60.7 Å². The summed E-state index contributed by atoms with van der Waals surface area (Å²) >= 11 is 0. The fourth-order valence-corrected chi connectivity index (χ4v) is 3.98. The molecule has 1 amide bonds. The number of aliphatic carboxylic acids is 1. The van der Waals surface area contributed by atoms with Crippen LogP contribution in [0.25, 0.3) is 0 Å². The number of carbonyl (C=O) groups is 2. The highest BCUT2D eigenvalue weighted by Gasteiger charge is 2.21. The number of benzene rings is 4. The average molecular weight is 510 g/mol. The van der Waals surface area contributed by atoms with Gasteiger partial charge in [0.2, 0.25) is 0 Å². The Morgan fingerprint density at radius 3 is 2.08 bits per heavy atom. The van der Waals surface area contributed by atoms with Crippen LogP contribution in [0.5, 0.6) is 11.5 Å². The Hall–Kier alpha value is -4.58. The summed E-state index contributed by atoms with van der Waals surface area (Å²) in [4.78, 5) is 24.7. The lowest BCUT2D eigenvalue weighted by atomic mass is 10.1. The maximum atomic E-state index is 12.8. The largest absolute Gasteiger partial charge is 0.494 e. The van der Waals surface area contributed by atoms with Gasteiger partial charge in [0.15, 0.2) is 0 Å². The van der Waals surface area contributed by atoms with Crippen molar-refractivity contribution in [3.8, 4) is 11.5 Å². The van der Waals surface area contributed by atoms with E-state index in [-0.39, 0.29) is 6.42 Å². The van der Waals surface area contributed by atoms with Crippen molar-refractivity contribution in [2.75, 3.05) is 6.61 Å². The average Bonchev–Trinajstić information content (AvgIpc) is 2.96. The van der Waals surface area contributed by atoms with Crippen LogP contribution in [0.2, 0.25) is 0 Å². The second kappa shape index (κ2) is 13.7. The number of ether oxygens (including phenoxy) is 2. The maximum absolute atomic E-state index is 12.8. The third kappa shape index (κ3) is 8.23. The molecule has 2 N–H and O–H groups in total. The molecule has 1 atom stereocenters. The van der Waals surface area contributed by atoms with Crippen molar-refractivity contribution in [1.82, 2.24) is 5.32 Å². The van der Waals surface area contributed by atoms with Gasteiger partial charge in [-0.15, -0.1) is 0 Å². The summed E-state index contributed by atoms with van der Waals surface area (Å²) in [6, 6.07) is 33.0. The Morgan fingerprint density at radius 2 is 1.39 bits per heavy atom. The SMILES string of the molecule is O=C(NC(Cc1ccc(OCc2ccccc2)cc1)C(=O)O)c1cccc(OCCCc2ccccc2)c1. The van der Waals surface area contributed by atoms with Gasteiger partial charge >= 0.3 is 5.97 Å². The molecular weight excluding hydrogens is 478 g/mol. The summed E-state index contributed by atoms with van der Waals surface area (Å²) < 4.78 is 11.6. The first-order chi connectivity index (χ1) is 18.6. The van der Waals surface area contributed by atoms with Crippen LogP contribution < -0.4 is 14.8 Å². The fourth-order valence-electron chi connectivity index (χ4n) is 3.98. The Morgan fingerprint density at radius 1 is 0.711 bits per heavy atom. The molecule has 0 heterocycles. The van der Waals surface area contributed by atoms with Gasteiger partial charge < -0.3 is 19.9 Å². The first-order valence-corrected chi connectivity index (χ1v) is 12.6. The molecule has 6 nitrogen and oxygen atoms in total.